The molecule has 6 heteroatoms. The SMILES string of the molecule is Cc1c(Cl)cnn1Cc1cc(F)ccc1C(=O)O. The Balaban J connectivity index is 2.42. The highest BCUT2D eigenvalue weighted by Gasteiger charge is 2.13. The Kier molecular flexibility index (Phi) is 3.34. The van der Waals surface area contributed by atoms with Crippen molar-refractivity contribution in [2.24, 2.45) is 0 Å². The molecule has 1 heterocycles. The van der Waals surface area contributed by atoms with Crippen molar-refractivity contribution >= 4 is 17.6 Å². The molecule has 0 bridgehead atoms. The zero-order chi connectivity index (χ0) is 13.3. The molecule has 2 aromatic rings. The second-order valence-electron chi connectivity index (χ2n) is 3.84. The average molecular weight is 269 g/mol. The van der Waals surface area contributed by atoms with Crippen molar-refractivity contribution in [1.29, 1.82) is 0 Å². The number of carbonyl (C=O) groups is 1. The Hall–Kier alpha value is -1.88. The van der Waals surface area contributed by atoms with Gasteiger partial charge in [-0.3, -0.25) is 4.68 Å². The molecule has 94 valence electrons. The van der Waals surface area contributed by atoms with Crippen LogP contribution in [-0.4, -0.2) is 20.9 Å². The molecule has 0 atom stereocenters. The van der Waals surface area contributed by atoms with Gasteiger partial charge >= 0.3 is 5.97 Å². The maximum absolute atomic E-state index is 13.2. The van der Waals surface area contributed by atoms with Crippen molar-refractivity contribution in [2.75, 3.05) is 0 Å². The van der Waals surface area contributed by atoms with Gasteiger partial charge in [0.2, 0.25) is 0 Å². The maximum atomic E-state index is 13.2. The Labute approximate surface area is 108 Å². The van der Waals surface area contributed by atoms with Crippen LogP contribution in [-0.2, 0) is 6.54 Å². The molecule has 0 radical (unpaired) electrons. The summed E-state index contributed by atoms with van der Waals surface area (Å²) < 4.78 is 14.7. The number of hydrogen-bond donors (Lipinski definition) is 1. The van der Waals surface area contributed by atoms with Crippen LogP contribution in [0, 0.1) is 12.7 Å². The number of aromatic nitrogens is 2. The fourth-order valence-electron chi connectivity index (χ4n) is 1.65. The largest absolute Gasteiger partial charge is 0.478 e. The molecule has 0 saturated carbocycles. The van der Waals surface area contributed by atoms with Gasteiger partial charge in [-0.1, -0.05) is 11.6 Å². The van der Waals surface area contributed by atoms with E-state index in [0.717, 1.165) is 6.07 Å². The number of nitrogens with zero attached hydrogens (tertiary/aromatic N) is 2. The Morgan fingerprint density at radius 2 is 2.28 bits per heavy atom. The number of halogens is 2. The Morgan fingerprint density at radius 1 is 1.56 bits per heavy atom. The Morgan fingerprint density at radius 3 is 2.83 bits per heavy atom. The minimum atomic E-state index is -1.10. The second kappa shape index (κ2) is 4.78. The molecule has 0 aliphatic rings. The fraction of sp³-hybridized carbons (Fsp3) is 0.167. The first-order valence-electron chi connectivity index (χ1n) is 5.18. The predicted octanol–water partition coefficient (Wildman–Crippen LogP) is 2.73. The molecule has 1 aromatic heterocycles. The molecule has 18 heavy (non-hydrogen) atoms. The first-order valence-corrected chi connectivity index (χ1v) is 5.56. The molecular weight excluding hydrogens is 259 g/mol. The summed E-state index contributed by atoms with van der Waals surface area (Å²) >= 11 is 5.86. The van der Waals surface area contributed by atoms with E-state index >= 15 is 0 Å². The summed E-state index contributed by atoms with van der Waals surface area (Å²) in [5, 5.41) is 13.5. The van der Waals surface area contributed by atoms with E-state index < -0.39 is 11.8 Å². The lowest BCUT2D eigenvalue weighted by atomic mass is 10.1. The van der Waals surface area contributed by atoms with Gasteiger partial charge in [0.05, 0.1) is 29.0 Å². The van der Waals surface area contributed by atoms with Crippen LogP contribution in [0.15, 0.2) is 24.4 Å². The van der Waals surface area contributed by atoms with E-state index in [1.807, 2.05) is 0 Å². The number of benzene rings is 1. The van der Waals surface area contributed by atoms with Crippen LogP contribution in [0.1, 0.15) is 21.6 Å². The summed E-state index contributed by atoms with van der Waals surface area (Å²) in [6.45, 7) is 1.92. The van der Waals surface area contributed by atoms with E-state index in [4.69, 9.17) is 16.7 Å². The molecule has 0 amide bonds. The zero-order valence-electron chi connectivity index (χ0n) is 9.52. The number of carboxylic acids is 1. The number of aromatic carboxylic acids is 1. The van der Waals surface area contributed by atoms with E-state index in [2.05, 4.69) is 5.10 Å². The number of rotatable bonds is 3. The Bertz CT molecular complexity index is 610. The van der Waals surface area contributed by atoms with Crippen molar-refractivity contribution in [2.45, 2.75) is 13.5 Å². The minimum absolute atomic E-state index is 0.0578. The first kappa shape index (κ1) is 12.6. The fourth-order valence-corrected chi connectivity index (χ4v) is 1.79. The van der Waals surface area contributed by atoms with Crippen molar-refractivity contribution < 1.29 is 14.3 Å². The monoisotopic (exact) mass is 268 g/mol. The predicted molar refractivity (Wildman–Crippen MR) is 64.4 cm³/mol. The van der Waals surface area contributed by atoms with Gasteiger partial charge in [0.25, 0.3) is 0 Å². The van der Waals surface area contributed by atoms with E-state index in [-0.39, 0.29) is 12.1 Å². The van der Waals surface area contributed by atoms with Crippen LogP contribution in [0.2, 0.25) is 5.02 Å². The average Bonchev–Trinajstić information content (AvgIpc) is 2.61. The zero-order valence-corrected chi connectivity index (χ0v) is 10.3. The highest BCUT2D eigenvalue weighted by molar-refractivity contribution is 6.31. The van der Waals surface area contributed by atoms with Crippen molar-refractivity contribution in [3.63, 3.8) is 0 Å². The van der Waals surface area contributed by atoms with Gasteiger partial charge in [-0.05, 0) is 30.7 Å². The summed E-state index contributed by atoms with van der Waals surface area (Å²) in [6, 6.07) is 3.56. The van der Waals surface area contributed by atoms with E-state index in [1.54, 1.807) is 6.92 Å². The summed E-state index contributed by atoms with van der Waals surface area (Å²) in [4.78, 5) is 11.0. The van der Waals surface area contributed by atoms with Crippen LogP contribution in [0.3, 0.4) is 0 Å². The molecule has 0 fully saturated rings. The number of hydrogen-bond acceptors (Lipinski definition) is 2. The molecule has 0 saturated heterocycles. The summed E-state index contributed by atoms with van der Waals surface area (Å²) in [6.07, 6.45) is 1.47. The minimum Gasteiger partial charge on any atom is -0.478 e. The first-order chi connectivity index (χ1) is 8.49. The second-order valence-corrected chi connectivity index (χ2v) is 4.25. The molecule has 0 aliphatic carbocycles. The van der Waals surface area contributed by atoms with Gasteiger partial charge in [0.1, 0.15) is 5.82 Å². The smallest absolute Gasteiger partial charge is 0.336 e. The van der Waals surface area contributed by atoms with E-state index in [9.17, 15) is 9.18 Å². The van der Waals surface area contributed by atoms with Gasteiger partial charge in [0, 0.05) is 0 Å². The van der Waals surface area contributed by atoms with Crippen LogP contribution in [0.4, 0.5) is 4.39 Å². The summed E-state index contributed by atoms with van der Waals surface area (Å²) in [7, 11) is 0. The lowest BCUT2D eigenvalue weighted by Gasteiger charge is -2.08. The molecule has 0 unspecified atom stereocenters. The van der Waals surface area contributed by atoms with E-state index in [1.165, 1.54) is 23.0 Å². The molecule has 1 aromatic carbocycles. The highest BCUT2D eigenvalue weighted by Crippen LogP contribution is 2.17. The van der Waals surface area contributed by atoms with Crippen molar-refractivity contribution in [3.8, 4) is 0 Å². The van der Waals surface area contributed by atoms with Crippen LogP contribution in [0.25, 0.3) is 0 Å². The van der Waals surface area contributed by atoms with Crippen molar-refractivity contribution in [1.82, 2.24) is 9.78 Å². The standard InChI is InChI=1S/C12H10ClFN2O2/c1-7-11(13)5-15-16(7)6-8-4-9(14)2-3-10(8)12(17)18/h2-5H,6H2,1H3,(H,17,18). The molecule has 1 N–H and O–H groups in total. The molecule has 4 nitrogen and oxygen atoms in total. The highest BCUT2D eigenvalue weighted by atomic mass is 35.5. The summed E-state index contributed by atoms with van der Waals surface area (Å²) in [5.74, 6) is -1.58. The van der Waals surface area contributed by atoms with Crippen molar-refractivity contribution in [3.05, 3.63) is 52.1 Å². The third-order valence-electron chi connectivity index (χ3n) is 2.66. The van der Waals surface area contributed by atoms with Crippen LogP contribution >= 0.6 is 11.6 Å². The molecular formula is C12H10ClFN2O2. The topological polar surface area (TPSA) is 55.1 Å². The van der Waals surface area contributed by atoms with Gasteiger partial charge in [-0.2, -0.15) is 5.10 Å². The third kappa shape index (κ3) is 2.36. The van der Waals surface area contributed by atoms with Gasteiger partial charge in [-0.25, -0.2) is 9.18 Å². The lowest BCUT2D eigenvalue weighted by molar-refractivity contribution is 0.0695. The lowest BCUT2D eigenvalue weighted by Crippen LogP contribution is -2.09. The normalized spacial score (nSPS) is 10.6. The van der Waals surface area contributed by atoms with Gasteiger partial charge in [0.15, 0.2) is 0 Å². The summed E-state index contributed by atoms with van der Waals surface area (Å²) in [5.41, 5.74) is 1.12. The van der Waals surface area contributed by atoms with Gasteiger partial charge in [-0.15, -0.1) is 0 Å². The van der Waals surface area contributed by atoms with Crippen LogP contribution in [0.5, 0.6) is 0 Å². The maximum Gasteiger partial charge on any atom is 0.336 e. The van der Waals surface area contributed by atoms with E-state index in [0.29, 0.717) is 16.3 Å². The quantitative estimate of drug-likeness (QED) is 0.931. The molecule has 0 spiro atoms. The van der Waals surface area contributed by atoms with Gasteiger partial charge < -0.3 is 5.11 Å². The third-order valence-corrected chi connectivity index (χ3v) is 3.03. The molecule has 0 aliphatic heterocycles. The van der Waals surface area contributed by atoms with Crippen LogP contribution < -0.4 is 0 Å². The molecule has 2 rings (SSSR count). The number of carboxylic acid groups (broad SMARTS) is 1.